The Morgan fingerprint density at radius 1 is 1.13 bits per heavy atom. The summed E-state index contributed by atoms with van der Waals surface area (Å²) in [5, 5.41) is 21.1. The molecule has 2 N–H and O–H groups in total. The van der Waals surface area contributed by atoms with Gasteiger partial charge in [0, 0.05) is 18.7 Å². The summed E-state index contributed by atoms with van der Waals surface area (Å²) in [5.74, 6) is -0.339. The Hall–Kier alpha value is -4.09. The Morgan fingerprint density at radius 3 is 2.62 bits per heavy atom. The molecule has 5 rings (SSSR count). The Labute approximate surface area is 226 Å². The molecule has 0 aromatic carbocycles. The number of hydrogen-bond donors (Lipinski definition) is 2. The first-order valence-electron chi connectivity index (χ1n) is 13.3. The fourth-order valence-electron chi connectivity index (χ4n) is 5.06. The highest BCUT2D eigenvalue weighted by molar-refractivity contribution is 5.87. The number of carbonyl (C=O) groups is 2. The molecule has 2 saturated carbocycles. The van der Waals surface area contributed by atoms with Crippen molar-refractivity contribution in [3.05, 3.63) is 41.0 Å². The number of pyridine rings is 1. The highest BCUT2D eigenvalue weighted by atomic mass is 16.5. The largest absolute Gasteiger partial charge is 0.489 e. The van der Waals surface area contributed by atoms with Crippen molar-refractivity contribution in [1.82, 2.24) is 29.9 Å². The lowest BCUT2D eigenvalue weighted by atomic mass is 9.82. The average molecular weight is 536 g/mol. The van der Waals surface area contributed by atoms with Gasteiger partial charge < -0.3 is 19.9 Å². The number of aryl methyl sites for hydroxylation is 2. The zero-order chi connectivity index (χ0) is 27.5. The van der Waals surface area contributed by atoms with Crippen molar-refractivity contribution < 1.29 is 24.2 Å². The van der Waals surface area contributed by atoms with Crippen LogP contribution in [0.5, 0.6) is 5.75 Å². The van der Waals surface area contributed by atoms with Gasteiger partial charge in [0.1, 0.15) is 11.4 Å². The molecule has 0 spiro atoms. The Bertz CT molecular complexity index is 1370. The number of carboxylic acid groups (broad SMARTS) is 1. The Balaban J connectivity index is 1.32. The van der Waals surface area contributed by atoms with Crippen LogP contribution in [0, 0.1) is 12.8 Å². The molecule has 0 saturated heterocycles. The summed E-state index contributed by atoms with van der Waals surface area (Å²) in [6.07, 6.45) is 5.93. The summed E-state index contributed by atoms with van der Waals surface area (Å²) in [4.78, 5) is 37.3. The second kappa shape index (κ2) is 11.3. The van der Waals surface area contributed by atoms with Crippen molar-refractivity contribution in [2.45, 2.75) is 70.4 Å². The third-order valence-electron chi connectivity index (χ3n) is 7.57. The van der Waals surface area contributed by atoms with Crippen LogP contribution in [0.2, 0.25) is 0 Å². The topological polar surface area (TPSA) is 154 Å². The van der Waals surface area contributed by atoms with E-state index in [9.17, 15) is 14.7 Å². The first-order valence-corrected chi connectivity index (χ1v) is 13.3. The summed E-state index contributed by atoms with van der Waals surface area (Å²) in [6.45, 7) is 2.17. The van der Waals surface area contributed by atoms with Crippen LogP contribution in [0.15, 0.2) is 18.2 Å². The Kier molecular flexibility index (Phi) is 7.71. The molecule has 0 radical (unpaired) electrons. The second-order valence-electron chi connectivity index (χ2n) is 10.2. The van der Waals surface area contributed by atoms with E-state index in [0.29, 0.717) is 54.1 Å². The number of rotatable bonds is 9. The SMILES string of the molecule is COC(=O)c1cc(C2CCC2)nc(NCc2c(-c3ccc(O[C@H]4CCC[C@H](C(=O)O)C4)c(C)n3)nnn2C)n1. The zero-order valence-electron chi connectivity index (χ0n) is 22.4. The second-order valence-corrected chi connectivity index (χ2v) is 10.2. The van der Waals surface area contributed by atoms with E-state index < -0.39 is 11.9 Å². The van der Waals surface area contributed by atoms with Crippen LogP contribution in [-0.4, -0.2) is 60.2 Å². The predicted octanol–water partition coefficient (Wildman–Crippen LogP) is 3.66. The van der Waals surface area contributed by atoms with Gasteiger partial charge in [0.25, 0.3) is 0 Å². The minimum Gasteiger partial charge on any atom is -0.489 e. The molecule has 0 aliphatic heterocycles. The van der Waals surface area contributed by atoms with Gasteiger partial charge in [0.05, 0.1) is 42.8 Å². The fourth-order valence-corrected chi connectivity index (χ4v) is 5.06. The average Bonchev–Trinajstić information content (AvgIpc) is 3.27. The molecule has 0 bridgehead atoms. The van der Waals surface area contributed by atoms with Crippen molar-refractivity contribution in [2.24, 2.45) is 13.0 Å². The van der Waals surface area contributed by atoms with E-state index in [2.05, 4.69) is 25.6 Å². The molecule has 2 fully saturated rings. The zero-order valence-corrected chi connectivity index (χ0v) is 22.4. The van der Waals surface area contributed by atoms with Crippen molar-refractivity contribution >= 4 is 17.9 Å². The monoisotopic (exact) mass is 535 g/mol. The first kappa shape index (κ1) is 26.5. The third kappa shape index (κ3) is 5.84. The van der Waals surface area contributed by atoms with E-state index in [1.807, 2.05) is 19.1 Å². The number of hydrogen-bond acceptors (Lipinski definition) is 10. The number of nitrogens with zero attached hydrogens (tertiary/aromatic N) is 6. The molecular weight excluding hydrogens is 502 g/mol. The third-order valence-corrected chi connectivity index (χ3v) is 7.57. The molecule has 2 aliphatic carbocycles. The predicted molar refractivity (Wildman–Crippen MR) is 140 cm³/mol. The summed E-state index contributed by atoms with van der Waals surface area (Å²) in [7, 11) is 3.13. The maximum atomic E-state index is 12.2. The van der Waals surface area contributed by atoms with E-state index in [4.69, 9.17) is 14.5 Å². The summed E-state index contributed by atoms with van der Waals surface area (Å²) >= 11 is 0. The lowest BCUT2D eigenvalue weighted by Gasteiger charge is -2.27. The molecule has 2 atom stereocenters. The van der Waals surface area contributed by atoms with Crippen LogP contribution in [0.3, 0.4) is 0 Å². The van der Waals surface area contributed by atoms with Gasteiger partial charge in [-0.3, -0.25) is 4.79 Å². The molecular formula is C27H33N7O5. The van der Waals surface area contributed by atoms with Gasteiger partial charge in [-0.1, -0.05) is 11.6 Å². The van der Waals surface area contributed by atoms with Crippen LogP contribution < -0.4 is 10.1 Å². The highest BCUT2D eigenvalue weighted by Crippen LogP contribution is 2.36. The van der Waals surface area contributed by atoms with Gasteiger partial charge in [-0.25, -0.2) is 24.4 Å². The van der Waals surface area contributed by atoms with Crippen molar-refractivity contribution in [3.8, 4) is 17.1 Å². The van der Waals surface area contributed by atoms with Gasteiger partial charge in [0.15, 0.2) is 5.69 Å². The van der Waals surface area contributed by atoms with Crippen LogP contribution in [0.25, 0.3) is 11.4 Å². The lowest BCUT2D eigenvalue weighted by Crippen LogP contribution is -2.29. The number of aliphatic carboxylic acids is 1. The van der Waals surface area contributed by atoms with Crippen LogP contribution >= 0.6 is 0 Å². The van der Waals surface area contributed by atoms with Gasteiger partial charge >= 0.3 is 11.9 Å². The van der Waals surface area contributed by atoms with Gasteiger partial charge in [-0.15, -0.1) is 5.10 Å². The smallest absolute Gasteiger partial charge is 0.356 e. The molecule has 12 nitrogen and oxygen atoms in total. The van der Waals surface area contributed by atoms with Crippen LogP contribution in [0.4, 0.5) is 5.95 Å². The standard InChI is InChI=1S/C27H33N7O5/c1-15-23(39-18-9-5-8-17(12-18)25(35)36)11-10-19(29-15)24-22(34(2)33-32-24)14-28-27-30-20(16-6-4-7-16)13-21(31-27)26(37)38-3/h10-11,13,16-18H,4-9,12,14H2,1-3H3,(H,35,36)(H,28,30,31)/t17-,18-/m0/s1. The minimum absolute atomic E-state index is 0.145. The maximum Gasteiger partial charge on any atom is 0.356 e. The minimum atomic E-state index is -0.765. The van der Waals surface area contributed by atoms with Crippen molar-refractivity contribution in [1.29, 1.82) is 0 Å². The number of carboxylic acids is 1. The lowest BCUT2D eigenvalue weighted by molar-refractivity contribution is -0.143. The van der Waals surface area contributed by atoms with E-state index in [-0.39, 0.29) is 17.7 Å². The van der Waals surface area contributed by atoms with Crippen LogP contribution in [-0.2, 0) is 23.1 Å². The number of esters is 1. The van der Waals surface area contributed by atoms with Crippen LogP contribution in [0.1, 0.15) is 78.4 Å². The van der Waals surface area contributed by atoms with E-state index >= 15 is 0 Å². The van der Waals surface area contributed by atoms with E-state index in [0.717, 1.165) is 43.5 Å². The normalized spacial score (nSPS) is 19.3. The number of nitrogens with one attached hydrogen (secondary N) is 1. The van der Waals surface area contributed by atoms with E-state index in [1.54, 1.807) is 17.8 Å². The van der Waals surface area contributed by atoms with Crippen molar-refractivity contribution in [3.63, 3.8) is 0 Å². The summed E-state index contributed by atoms with van der Waals surface area (Å²) in [5.41, 5.74) is 3.75. The molecule has 206 valence electrons. The molecule has 3 heterocycles. The maximum absolute atomic E-state index is 12.2. The first-order chi connectivity index (χ1) is 18.8. The molecule has 0 amide bonds. The quantitative estimate of drug-likeness (QED) is 0.386. The molecule has 3 aromatic rings. The highest BCUT2D eigenvalue weighted by Gasteiger charge is 2.29. The summed E-state index contributed by atoms with van der Waals surface area (Å²) in [6, 6.07) is 5.39. The van der Waals surface area contributed by atoms with Crippen molar-refractivity contribution in [2.75, 3.05) is 12.4 Å². The summed E-state index contributed by atoms with van der Waals surface area (Å²) < 4.78 is 12.7. The van der Waals surface area contributed by atoms with Gasteiger partial charge in [-0.05, 0) is 63.6 Å². The molecule has 39 heavy (non-hydrogen) atoms. The molecule has 2 aliphatic rings. The number of aromatic nitrogens is 6. The number of ether oxygens (including phenoxy) is 2. The molecule has 0 unspecified atom stereocenters. The molecule has 12 heteroatoms. The Morgan fingerprint density at radius 2 is 1.92 bits per heavy atom. The fraction of sp³-hybridized carbons (Fsp3) is 0.519. The number of anilines is 1. The van der Waals surface area contributed by atoms with Gasteiger partial charge in [-0.2, -0.15) is 0 Å². The van der Waals surface area contributed by atoms with Gasteiger partial charge in [0.2, 0.25) is 5.95 Å². The number of carbonyl (C=O) groups excluding carboxylic acids is 1. The number of methoxy groups -OCH3 is 1. The van der Waals surface area contributed by atoms with E-state index in [1.165, 1.54) is 7.11 Å². The molecule has 3 aromatic heterocycles.